The molecular formula is C24H36N6O2. The normalized spacial score (nSPS) is 15.5. The number of rotatable bonds is 11. The lowest BCUT2D eigenvalue weighted by atomic mass is 9.83. The predicted molar refractivity (Wildman–Crippen MR) is 128 cm³/mol. The second-order valence-corrected chi connectivity index (χ2v) is 8.45. The Balaban J connectivity index is 1.57. The summed E-state index contributed by atoms with van der Waals surface area (Å²) >= 11 is 0. The molecule has 3 N–H and O–H groups in total. The smallest absolute Gasteiger partial charge is 0.246 e. The van der Waals surface area contributed by atoms with E-state index in [2.05, 4.69) is 28.0 Å². The standard InChI is InChI=1S/C24H36N6O2/c1-3-25-23(27-19-24(12-15-32-2)10-4-5-11-24)26-17-20-8-6-9-21(16-20)29-22(31)18-30-14-7-13-28-30/h6-9,13-14,16H,3-5,10-12,15,17-19H2,1-2H3,(H,29,31)(H2,25,26,27). The van der Waals surface area contributed by atoms with E-state index in [-0.39, 0.29) is 12.5 Å². The van der Waals surface area contributed by atoms with E-state index in [1.54, 1.807) is 30.3 Å². The number of methoxy groups -OCH3 is 1. The molecule has 1 aliphatic rings. The van der Waals surface area contributed by atoms with Gasteiger partial charge in [-0.2, -0.15) is 5.10 Å². The average Bonchev–Trinajstić information content (AvgIpc) is 3.47. The number of amides is 1. The molecule has 1 amide bonds. The first-order valence-corrected chi connectivity index (χ1v) is 11.5. The number of nitrogens with zero attached hydrogens (tertiary/aromatic N) is 3. The van der Waals surface area contributed by atoms with Crippen molar-refractivity contribution >= 4 is 17.6 Å². The van der Waals surface area contributed by atoms with Crippen LogP contribution in [0.2, 0.25) is 0 Å². The van der Waals surface area contributed by atoms with Gasteiger partial charge in [0.2, 0.25) is 5.91 Å². The topological polar surface area (TPSA) is 92.6 Å². The monoisotopic (exact) mass is 440 g/mol. The minimum Gasteiger partial charge on any atom is -0.385 e. The molecular weight excluding hydrogens is 404 g/mol. The highest BCUT2D eigenvalue weighted by molar-refractivity contribution is 5.90. The van der Waals surface area contributed by atoms with Crippen LogP contribution in [0.25, 0.3) is 0 Å². The predicted octanol–water partition coefficient (Wildman–Crippen LogP) is 3.17. The fourth-order valence-corrected chi connectivity index (χ4v) is 4.23. The SMILES string of the molecule is CCNC(=NCc1cccc(NC(=O)Cn2cccn2)c1)NCC1(CCOC)CCCC1. The van der Waals surface area contributed by atoms with E-state index in [0.717, 1.165) is 43.3 Å². The van der Waals surface area contributed by atoms with Gasteiger partial charge in [0, 0.05) is 44.9 Å². The van der Waals surface area contributed by atoms with Crippen molar-refractivity contribution in [2.24, 2.45) is 10.4 Å². The molecule has 32 heavy (non-hydrogen) atoms. The van der Waals surface area contributed by atoms with Crippen LogP contribution in [0.5, 0.6) is 0 Å². The van der Waals surface area contributed by atoms with Crippen molar-refractivity contribution in [3.05, 3.63) is 48.3 Å². The molecule has 0 unspecified atom stereocenters. The van der Waals surface area contributed by atoms with Gasteiger partial charge in [-0.1, -0.05) is 25.0 Å². The van der Waals surface area contributed by atoms with Gasteiger partial charge in [0.05, 0.1) is 6.54 Å². The molecule has 1 heterocycles. The summed E-state index contributed by atoms with van der Waals surface area (Å²) in [7, 11) is 1.77. The molecule has 1 saturated carbocycles. The maximum Gasteiger partial charge on any atom is 0.246 e. The van der Waals surface area contributed by atoms with Gasteiger partial charge in [0.15, 0.2) is 5.96 Å². The Kier molecular flexibility index (Phi) is 9.10. The number of nitrogens with one attached hydrogen (secondary N) is 3. The molecule has 8 nitrogen and oxygen atoms in total. The summed E-state index contributed by atoms with van der Waals surface area (Å²) in [5, 5.41) is 13.9. The highest BCUT2D eigenvalue weighted by atomic mass is 16.5. The van der Waals surface area contributed by atoms with E-state index in [4.69, 9.17) is 9.73 Å². The number of carbonyl (C=O) groups is 1. The quantitative estimate of drug-likeness (QED) is 0.369. The number of aromatic nitrogens is 2. The summed E-state index contributed by atoms with van der Waals surface area (Å²) in [5.41, 5.74) is 2.09. The molecule has 1 fully saturated rings. The van der Waals surface area contributed by atoms with Gasteiger partial charge in [-0.15, -0.1) is 0 Å². The van der Waals surface area contributed by atoms with Crippen LogP contribution in [-0.2, 0) is 22.6 Å². The Bertz CT molecular complexity index is 859. The molecule has 8 heteroatoms. The van der Waals surface area contributed by atoms with Crippen LogP contribution in [0.4, 0.5) is 5.69 Å². The lowest BCUT2D eigenvalue weighted by Gasteiger charge is -2.30. The van der Waals surface area contributed by atoms with Crippen LogP contribution in [0.3, 0.4) is 0 Å². The molecule has 2 aromatic rings. The van der Waals surface area contributed by atoms with E-state index in [1.807, 2.05) is 24.3 Å². The van der Waals surface area contributed by atoms with Gasteiger partial charge in [0.25, 0.3) is 0 Å². The minimum atomic E-state index is -0.109. The maximum atomic E-state index is 12.2. The molecule has 0 saturated heterocycles. The van der Waals surface area contributed by atoms with E-state index in [1.165, 1.54) is 25.7 Å². The number of anilines is 1. The Labute approximate surface area is 190 Å². The van der Waals surface area contributed by atoms with Crippen LogP contribution >= 0.6 is 0 Å². The molecule has 1 aliphatic carbocycles. The molecule has 1 aromatic heterocycles. The highest BCUT2D eigenvalue weighted by Crippen LogP contribution is 2.40. The third-order valence-corrected chi connectivity index (χ3v) is 5.97. The second kappa shape index (κ2) is 12.2. The fraction of sp³-hybridized carbons (Fsp3) is 0.542. The largest absolute Gasteiger partial charge is 0.385 e. The molecule has 0 atom stereocenters. The van der Waals surface area contributed by atoms with Crippen LogP contribution in [0, 0.1) is 5.41 Å². The van der Waals surface area contributed by atoms with Crippen molar-refractivity contribution in [1.29, 1.82) is 0 Å². The molecule has 0 aliphatic heterocycles. The molecule has 0 bridgehead atoms. The molecule has 174 valence electrons. The van der Waals surface area contributed by atoms with Gasteiger partial charge in [-0.25, -0.2) is 4.99 Å². The Morgan fingerprint density at radius 1 is 1.25 bits per heavy atom. The number of hydrogen-bond acceptors (Lipinski definition) is 4. The van der Waals surface area contributed by atoms with Crippen molar-refractivity contribution < 1.29 is 9.53 Å². The summed E-state index contributed by atoms with van der Waals surface area (Å²) in [6, 6.07) is 9.61. The summed E-state index contributed by atoms with van der Waals surface area (Å²) in [6.07, 6.45) is 9.57. The zero-order valence-corrected chi connectivity index (χ0v) is 19.3. The minimum absolute atomic E-state index is 0.109. The van der Waals surface area contributed by atoms with Crippen molar-refractivity contribution in [3.8, 4) is 0 Å². The van der Waals surface area contributed by atoms with Crippen LogP contribution in [0.1, 0.15) is 44.6 Å². The fourth-order valence-electron chi connectivity index (χ4n) is 4.23. The lowest BCUT2D eigenvalue weighted by Crippen LogP contribution is -2.43. The lowest BCUT2D eigenvalue weighted by molar-refractivity contribution is -0.116. The molecule has 0 spiro atoms. The number of carbonyl (C=O) groups excluding carboxylic acids is 1. The Morgan fingerprint density at radius 3 is 2.81 bits per heavy atom. The first-order chi connectivity index (χ1) is 15.6. The van der Waals surface area contributed by atoms with Crippen molar-refractivity contribution in [3.63, 3.8) is 0 Å². The zero-order valence-electron chi connectivity index (χ0n) is 19.3. The number of benzene rings is 1. The average molecular weight is 441 g/mol. The molecule has 0 radical (unpaired) electrons. The summed E-state index contributed by atoms with van der Waals surface area (Å²) < 4.78 is 6.95. The highest BCUT2D eigenvalue weighted by Gasteiger charge is 2.33. The summed E-state index contributed by atoms with van der Waals surface area (Å²) in [4.78, 5) is 17.0. The first kappa shape index (κ1) is 23.8. The Morgan fingerprint density at radius 2 is 2.09 bits per heavy atom. The van der Waals surface area contributed by atoms with E-state index in [0.29, 0.717) is 12.0 Å². The van der Waals surface area contributed by atoms with Crippen LogP contribution in [-0.4, -0.2) is 48.5 Å². The van der Waals surface area contributed by atoms with E-state index >= 15 is 0 Å². The van der Waals surface area contributed by atoms with Gasteiger partial charge in [-0.05, 0) is 55.4 Å². The third-order valence-electron chi connectivity index (χ3n) is 5.97. The first-order valence-electron chi connectivity index (χ1n) is 11.5. The summed E-state index contributed by atoms with van der Waals surface area (Å²) in [6.45, 7) is 5.31. The van der Waals surface area contributed by atoms with Gasteiger partial charge < -0.3 is 20.7 Å². The number of ether oxygens (including phenoxy) is 1. The van der Waals surface area contributed by atoms with E-state index in [9.17, 15) is 4.79 Å². The van der Waals surface area contributed by atoms with Gasteiger partial charge in [0.1, 0.15) is 6.54 Å². The molecule has 1 aromatic carbocycles. The molecule has 3 rings (SSSR count). The van der Waals surface area contributed by atoms with Crippen molar-refractivity contribution in [2.75, 3.05) is 32.1 Å². The number of hydrogen-bond donors (Lipinski definition) is 3. The van der Waals surface area contributed by atoms with E-state index < -0.39 is 0 Å². The Hall–Kier alpha value is -2.87. The number of guanidine groups is 1. The van der Waals surface area contributed by atoms with Crippen LogP contribution < -0.4 is 16.0 Å². The van der Waals surface area contributed by atoms with Crippen LogP contribution in [0.15, 0.2) is 47.7 Å². The van der Waals surface area contributed by atoms with Crippen molar-refractivity contribution in [1.82, 2.24) is 20.4 Å². The zero-order chi connectivity index (χ0) is 22.7. The summed E-state index contributed by atoms with van der Waals surface area (Å²) in [5.74, 6) is 0.714. The van der Waals surface area contributed by atoms with Gasteiger partial charge in [-0.3, -0.25) is 9.48 Å². The third kappa shape index (κ3) is 7.37. The van der Waals surface area contributed by atoms with Crippen molar-refractivity contribution in [2.45, 2.75) is 52.1 Å². The maximum absolute atomic E-state index is 12.2. The second-order valence-electron chi connectivity index (χ2n) is 8.45. The van der Waals surface area contributed by atoms with Gasteiger partial charge >= 0.3 is 0 Å². The number of aliphatic imine (C=N–C) groups is 1.